The molecule has 0 radical (unpaired) electrons. The topological polar surface area (TPSA) is 38.3 Å². The SMILES string of the molecule is CCCCOc1ccc(CCNC(=O)CBr)cc1. The fraction of sp³-hybridized carbons (Fsp3) is 0.500. The standard InChI is InChI=1S/C14H20BrNO2/c1-2-3-10-18-13-6-4-12(5-7-13)8-9-16-14(17)11-15/h4-7H,2-3,8-11H2,1H3,(H,16,17). The molecule has 1 aromatic carbocycles. The van der Waals surface area contributed by atoms with Crippen molar-refractivity contribution in [3.8, 4) is 5.75 Å². The fourth-order valence-electron chi connectivity index (χ4n) is 1.48. The molecule has 1 amide bonds. The first kappa shape index (κ1) is 15.0. The lowest BCUT2D eigenvalue weighted by molar-refractivity contribution is -0.118. The maximum atomic E-state index is 11.0. The largest absolute Gasteiger partial charge is 0.494 e. The van der Waals surface area contributed by atoms with Crippen LogP contribution in [0.4, 0.5) is 0 Å². The van der Waals surface area contributed by atoms with Crippen LogP contribution in [0.25, 0.3) is 0 Å². The number of amides is 1. The van der Waals surface area contributed by atoms with Gasteiger partial charge in [0.25, 0.3) is 0 Å². The molecule has 0 aromatic heterocycles. The molecule has 0 spiro atoms. The highest BCUT2D eigenvalue weighted by molar-refractivity contribution is 9.09. The van der Waals surface area contributed by atoms with Crippen molar-refractivity contribution in [2.24, 2.45) is 0 Å². The van der Waals surface area contributed by atoms with Crippen LogP contribution in [-0.4, -0.2) is 24.4 Å². The van der Waals surface area contributed by atoms with Gasteiger partial charge in [-0.2, -0.15) is 0 Å². The van der Waals surface area contributed by atoms with Crippen LogP contribution in [0.1, 0.15) is 25.3 Å². The van der Waals surface area contributed by atoms with Crippen LogP contribution in [0.5, 0.6) is 5.75 Å². The predicted molar refractivity (Wildman–Crippen MR) is 77.4 cm³/mol. The van der Waals surface area contributed by atoms with Gasteiger partial charge in [0.05, 0.1) is 11.9 Å². The molecule has 0 saturated heterocycles. The van der Waals surface area contributed by atoms with E-state index >= 15 is 0 Å². The summed E-state index contributed by atoms with van der Waals surface area (Å²) < 4.78 is 5.59. The molecule has 0 bridgehead atoms. The van der Waals surface area contributed by atoms with Gasteiger partial charge in [-0.1, -0.05) is 41.4 Å². The molecule has 1 rings (SSSR count). The van der Waals surface area contributed by atoms with E-state index in [1.54, 1.807) is 0 Å². The van der Waals surface area contributed by atoms with E-state index in [2.05, 4.69) is 28.2 Å². The number of ether oxygens (including phenoxy) is 1. The predicted octanol–water partition coefficient (Wildman–Crippen LogP) is 2.92. The van der Waals surface area contributed by atoms with Gasteiger partial charge in [-0.25, -0.2) is 0 Å². The van der Waals surface area contributed by atoms with Crippen molar-refractivity contribution in [1.82, 2.24) is 5.32 Å². The summed E-state index contributed by atoms with van der Waals surface area (Å²) in [5.41, 5.74) is 1.20. The average molecular weight is 314 g/mol. The second kappa shape index (κ2) is 8.97. The third-order valence-electron chi connectivity index (χ3n) is 2.55. The zero-order chi connectivity index (χ0) is 13.2. The van der Waals surface area contributed by atoms with E-state index in [0.717, 1.165) is 31.6 Å². The monoisotopic (exact) mass is 313 g/mol. The van der Waals surface area contributed by atoms with Crippen molar-refractivity contribution in [1.29, 1.82) is 0 Å². The van der Waals surface area contributed by atoms with Gasteiger partial charge in [-0.05, 0) is 30.5 Å². The number of benzene rings is 1. The lowest BCUT2D eigenvalue weighted by Crippen LogP contribution is -2.26. The van der Waals surface area contributed by atoms with Crippen LogP contribution in [0.15, 0.2) is 24.3 Å². The summed E-state index contributed by atoms with van der Waals surface area (Å²) in [5.74, 6) is 0.936. The lowest BCUT2D eigenvalue weighted by atomic mass is 10.1. The summed E-state index contributed by atoms with van der Waals surface area (Å²) in [4.78, 5) is 11.0. The van der Waals surface area contributed by atoms with Gasteiger partial charge in [0.1, 0.15) is 5.75 Å². The number of hydrogen-bond acceptors (Lipinski definition) is 2. The molecular formula is C14H20BrNO2. The average Bonchev–Trinajstić information content (AvgIpc) is 2.40. The number of hydrogen-bond donors (Lipinski definition) is 1. The van der Waals surface area contributed by atoms with Gasteiger partial charge in [0, 0.05) is 6.54 Å². The molecule has 1 N–H and O–H groups in total. The number of nitrogens with one attached hydrogen (secondary N) is 1. The number of halogens is 1. The highest BCUT2D eigenvalue weighted by Gasteiger charge is 1.98. The molecule has 0 fully saturated rings. The summed E-state index contributed by atoms with van der Waals surface area (Å²) in [6.07, 6.45) is 3.07. The molecule has 4 heteroatoms. The second-order valence-electron chi connectivity index (χ2n) is 4.08. The molecular weight excluding hydrogens is 294 g/mol. The van der Waals surface area contributed by atoms with Crippen LogP contribution in [-0.2, 0) is 11.2 Å². The summed E-state index contributed by atoms with van der Waals surface area (Å²) in [6.45, 7) is 3.59. The van der Waals surface area contributed by atoms with E-state index in [4.69, 9.17) is 4.74 Å². The van der Waals surface area contributed by atoms with Gasteiger partial charge in [-0.15, -0.1) is 0 Å². The number of rotatable bonds is 8. The number of carbonyl (C=O) groups is 1. The van der Waals surface area contributed by atoms with E-state index in [9.17, 15) is 4.79 Å². The molecule has 0 heterocycles. The summed E-state index contributed by atoms with van der Waals surface area (Å²) in [6, 6.07) is 8.05. The Morgan fingerprint density at radius 2 is 2.06 bits per heavy atom. The number of carbonyl (C=O) groups excluding carboxylic acids is 1. The number of unbranched alkanes of at least 4 members (excludes halogenated alkanes) is 1. The van der Waals surface area contributed by atoms with E-state index in [-0.39, 0.29) is 5.91 Å². The Hall–Kier alpha value is -1.03. The van der Waals surface area contributed by atoms with Gasteiger partial charge >= 0.3 is 0 Å². The normalized spacial score (nSPS) is 10.1. The Bertz CT molecular complexity index is 351. The summed E-state index contributed by atoms with van der Waals surface area (Å²) in [7, 11) is 0. The van der Waals surface area contributed by atoms with E-state index in [0.29, 0.717) is 11.9 Å². The van der Waals surface area contributed by atoms with Crippen LogP contribution in [0, 0.1) is 0 Å². The van der Waals surface area contributed by atoms with Crippen molar-refractivity contribution >= 4 is 21.8 Å². The molecule has 18 heavy (non-hydrogen) atoms. The van der Waals surface area contributed by atoms with Gasteiger partial charge < -0.3 is 10.1 Å². The van der Waals surface area contributed by atoms with Crippen LogP contribution in [0.2, 0.25) is 0 Å². The zero-order valence-electron chi connectivity index (χ0n) is 10.7. The quantitative estimate of drug-likeness (QED) is 0.592. The minimum Gasteiger partial charge on any atom is -0.494 e. The van der Waals surface area contributed by atoms with Gasteiger partial charge in [-0.3, -0.25) is 4.79 Å². The Morgan fingerprint density at radius 1 is 1.33 bits per heavy atom. The van der Waals surface area contributed by atoms with Crippen molar-refractivity contribution in [3.63, 3.8) is 0 Å². The molecule has 0 saturated carbocycles. The summed E-state index contributed by atoms with van der Waals surface area (Å²) in [5, 5.41) is 3.18. The van der Waals surface area contributed by atoms with Crippen LogP contribution >= 0.6 is 15.9 Å². The minimum atomic E-state index is 0.0227. The molecule has 3 nitrogen and oxygen atoms in total. The van der Waals surface area contributed by atoms with Crippen molar-refractivity contribution < 1.29 is 9.53 Å². The van der Waals surface area contributed by atoms with E-state index in [1.165, 1.54) is 5.56 Å². The first-order chi connectivity index (χ1) is 8.76. The molecule has 0 atom stereocenters. The molecule has 0 aliphatic carbocycles. The minimum absolute atomic E-state index is 0.0227. The first-order valence-corrected chi connectivity index (χ1v) is 7.42. The van der Waals surface area contributed by atoms with E-state index in [1.807, 2.05) is 24.3 Å². The smallest absolute Gasteiger partial charge is 0.230 e. The van der Waals surface area contributed by atoms with Gasteiger partial charge in [0.2, 0.25) is 5.91 Å². The third kappa shape index (κ3) is 6.05. The lowest BCUT2D eigenvalue weighted by Gasteiger charge is -2.07. The van der Waals surface area contributed by atoms with Crippen molar-refractivity contribution in [3.05, 3.63) is 29.8 Å². The Labute approximate surface area is 117 Å². The van der Waals surface area contributed by atoms with Crippen LogP contribution < -0.4 is 10.1 Å². The maximum Gasteiger partial charge on any atom is 0.230 e. The molecule has 0 aliphatic heterocycles. The Morgan fingerprint density at radius 3 is 2.67 bits per heavy atom. The molecule has 0 aliphatic rings. The zero-order valence-corrected chi connectivity index (χ0v) is 12.3. The highest BCUT2D eigenvalue weighted by Crippen LogP contribution is 2.12. The second-order valence-corrected chi connectivity index (χ2v) is 4.64. The maximum absolute atomic E-state index is 11.0. The third-order valence-corrected chi connectivity index (χ3v) is 3.06. The Kier molecular flexibility index (Phi) is 7.49. The fourth-order valence-corrected chi connectivity index (χ4v) is 1.68. The molecule has 0 unspecified atom stereocenters. The van der Waals surface area contributed by atoms with Gasteiger partial charge in [0.15, 0.2) is 0 Å². The first-order valence-electron chi connectivity index (χ1n) is 6.30. The molecule has 1 aromatic rings. The molecule has 100 valence electrons. The summed E-state index contributed by atoms with van der Waals surface area (Å²) >= 11 is 3.11. The number of alkyl halides is 1. The van der Waals surface area contributed by atoms with Crippen molar-refractivity contribution in [2.45, 2.75) is 26.2 Å². The van der Waals surface area contributed by atoms with E-state index < -0.39 is 0 Å². The highest BCUT2D eigenvalue weighted by atomic mass is 79.9. The Balaban J connectivity index is 2.29. The van der Waals surface area contributed by atoms with Crippen molar-refractivity contribution in [2.75, 3.05) is 18.5 Å². The van der Waals surface area contributed by atoms with Crippen LogP contribution in [0.3, 0.4) is 0 Å².